The van der Waals surface area contributed by atoms with E-state index in [1.54, 1.807) is 16.9 Å². The zero-order chi connectivity index (χ0) is 24.0. The SMILES string of the molecule is CC(C)n1nccc1C(=O)N[C@H](c1cn2ccc([C@H](C)C3CC3)nc2n1)C1CCC(F)(F)CC1. The van der Waals surface area contributed by atoms with Crippen molar-refractivity contribution in [3.63, 3.8) is 0 Å². The van der Waals surface area contributed by atoms with E-state index in [4.69, 9.17) is 9.97 Å². The third kappa shape index (κ3) is 4.57. The highest BCUT2D eigenvalue weighted by Gasteiger charge is 2.39. The average Bonchev–Trinajstić information content (AvgIpc) is 3.37. The third-order valence-electron chi connectivity index (χ3n) is 7.39. The van der Waals surface area contributed by atoms with Gasteiger partial charge in [0.2, 0.25) is 11.7 Å². The van der Waals surface area contributed by atoms with Gasteiger partial charge in [-0.25, -0.2) is 18.7 Å². The molecular weight excluding hydrogens is 438 g/mol. The van der Waals surface area contributed by atoms with E-state index in [1.165, 1.54) is 12.8 Å². The lowest BCUT2D eigenvalue weighted by atomic mass is 9.81. The van der Waals surface area contributed by atoms with Crippen LogP contribution in [0.15, 0.2) is 30.7 Å². The average molecular weight is 471 g/mol. The zero-order valence-electron chi connectivity index (χ0n) is 19.9. The highest BCUT2D eigenvalue weighted by Crippen LogP contribution is 2.43. The second kappa shape index (κ2) is 8.74. The molecule has 182 valence electrons. The van der Waals surface area contributed by atoms with Gasteiger partial charge in [-0.2, -0.15) is 5.10 Å². The first-order valence-electron chi connectivity index (χ1n) is 12.3. The van der Waals surface area contributed by atoms with E-state index in [1.807, 2.05) is 36.7 Å². The predicted molar refractivity (Wildman–Crippen MR) is 124 cm³/mol. The number of nitrogens with zero attached hydrogens (tertiary/aromatic N) is 5. The number of rotatable bonds is 7. The number of fused-ring (bicyclic) bond motifs is 1. The van der Waals surface area contributed by atoms with Crippen LogP contribution < -0.4 is 5.32 Å². The molecule has 2 saturated carbocycles. The quantitative estimate of drug-likeness (QED) is 0.507. The minimum atomic E-state index is -2.64. The normalized spacial score (nSPS) is 20.5. The highest BCUT2D eigenvalue weighted by molar-refractivity contribution is 5.92. The van der Waals surface area contributed by atoms with Crippen LogP contribution in [0, 0.1) is 11.8 Å². The molecule has 2 fully saturated rings. The third-order valence-corrected chi connectivity index (χ3v) is 7.39. The molecule has 3 heterocycles. The molecular formula is C25H32F2N6O. The summed E-state index contributed by atoms with van der Waals surface area (Å²) in [7, 11) is 0. The lowest BCUT2D eigenvalue weighted by Crippen LogP contribution is -2.38. The van der Waals surface area contributed by atoms with E-state index >= 15 is 0 Å². The van der Waals surface area contributed by atoms with Crippen LogP contribution in [-0.4, -0.2) is 36.0 Å². The van der Waals surface area contributed by atoms with Crippen LogP contribution in [-0.2, 0) is 0 Å². The monoisotopic (exact) mass is 470 g/mol. The minimum Gasteiger partial charge on any atom is -0.342 e. The first-order valence-corrected chi connectivity index (χ1v) is 12.3. The minimum absolute atomic E-state index is 0.0221. The maximum atomic E-state index is 13.9. The van der Waals surface area contributed by atoms with Crippen LogP contribution >= 0.6 is 0 Å². The van der Waals surface area contributed by atoms with Crippen LogP contribution in [0.2, 0.25) is 0 Å². The topological polar surface area (TPSA) is 77.1 Å². The number of nitrogens with one attached hydrogen (secondary N) is 1. The molecule has 0 aromatic carbocycles. The van der Waals surface area contributed by atoms with Gasteiger partial charge in [-0.1, -0.05) is 6.92 Å². The molecule has 5 rings (SSSR count). The molecule has 1 N–H and O–H groups in total. The summed E-state index contributed by atoms with van der Waals surface area (Å²) in [5.74, 6) is -1.40. The number of imidazole rings is 1. The van der Waals surface area contributed by atoms with Gasteiger partial charge < -0.3 is 5.32 Å². The fourth-order valence-corrected chi connectivity index (χ4v) is 5.10. The van der Waals surface area contributed by atoms with Crippen molar-refractivity contribution >= 4 is 11.7 Å². The van der Waals surface area contributed by atoms with Gasteiger partial charge in [0.1, 0.15) is 5.69 Å². The Morgan fingerprint density at radius 2 is 1.76 bits per heavy atom. The van der Waals surface area contributed by atoms with Gasteiger partial charge in [0.25, 0.3) is 5.91 Å². The predicted octanol–water partition coefficient (Wildman–Crippen LogP) is 5.32. The van der Waals surface area contributed by atoms with Crippen molar-refractivity contribution in [2.75, 3.05) is 0 Å². The lowest BCUT2D eigenvalue weighted by molar-refractivity contribution is -0.0495. The number of hydrogen-bond donors (Lipinski definition) is 1. The molecule has 34 heavy (non-hydrogen) atoms. The summed E-state index contributed by atoms with van der Waals surface area (Å²) in [6, 6.07) is 3.24. The molecule has 2 aliphatic carbocycles. The van der Waals surface area contributed by atoms with Gasteiger partial charge in [0.15, 0.2) is 0 Å². The van der Waals surface area contributed by atoms with Crippen molar-refractivity contribution < 1.29 is 13.6 Å². The Hall–Kier alpha value is -2.84. The van der Waals surface area contributed by atoms with Gasteiger partial charge in [-0.3, -0.25) is 13.9 Å². The summed E-state index contributed by atoms with van der Waals surface area (Å²) in [6.45, 7) is 6.11. The number of halogens is 2. The fraction of sp³-hybridized carbons (Fsp3) is 0.600. The van der Waals surface area contributed by atoms with Crippen molar-refractivity contribution in [3.05, 3.63) is 47.8 Å². The van der Waals surface area contributed by atoms with Crippen LogP contribution in [0.3, 0.4) is 0 Å². The molecule has 0 saturated heterocycles. The largest absolute Gasteiger partial charge is 0.342 e. The van der Waals surface area contributed by atoms with E-state index < -0.39 is 12.0 Å². The van der Waals surface area contributed by atoms with Crippen molar-refractivity contribution in [1.29, 1.82) is 0 Å². The van der Waals surface area contributed by atoms with Crippen molar-refractivity contribution in [3.8, 4) is 0 Å². The molecule has 0 unspecified atom stereocenters. The number of aromatic nitrogens is 5. The molecule has 0 radical (unpaired) electrons. The number of amides is 1. The standard InChI is InChI=1S/C25H32F2N6O/c1-15(2)33-21(8-12-28-33)23(34)31-22(18-6-10-25(26,27)11-7-18)20-14-32-13-9-19(29-24(32)30-20)16(3)17-4-5-17/h8-9,12-18,22H,4-7,10-11H2,1-3H3,(H,31,34)/t16-,22+/m1/s1. The summed E-state index contributed by atoms with van der Waals surface area (Å²) in [4.78, 5) is 22.8. The fourth-order valence-electron chi connectivity index (χ4n) is 5.10. The van der Waals surface area contributed by atoms with Gasteiger partial charge in [-0.05, 0) is 63.5 Å². The summed E-state index contributed by atoms with van der Waals surface area (Å²) >= 11 is 0. The van der Waals surface area contributed by atoms with E-state index in [2.05, 4.69) is 17.3 Å². The maximum absolute atomic E-state index is 13.9. The molecule has 1 amide bonds. The summed E-state index contributed by atoms with van der Waals surface area (Å²) in [5.41, 5.74) is 2.12. The summed E-state index contributed by atoms with van der Waals surface area (Å²) in [5, 5.41) is 7.36. The van der Waals surface area contributed by atoms with E-state index in [0.29, 0.717) is 41.8 Å². The second-order valence-corrected chi connectivity index (χ2v) is 10.3. The molecule has 0 bridgehead atoms. The molecule has 3 aromatic rings. The summed E-state index contributed by atoms with van der Waals surface area (Å²) < 4.78 is 31.3. The molecule has 3 aromatic heterocycles. The number of hydrogen-bond acceptors (Lipinski definition) is 4. The Morgan fingerprint density at radius 1 is 1.06 bits per heavy atom. The van der Waals surface area contributed by atoms with Crippen LogP contribution in [0.25, 0.3) is 5.78 Å². The van der Waals surface area contributed by atoms with Crippen molar-refractivity contribution in [2.45, 2.75) is 83.2 Å². The first kappa shape index (κ1) is 22.9. The van der Waals surface area contributed by atoms with Gasteiger partial charge in [-0.15, -0.1) is 0 Å². The molecule has 0 aliphatic heterocycles. The Kier molecular flexibility index (Phi) is 5.90. The van der Waals surface area contributed by atoms with Crippen molar-refractivity contribution in [2.24, 2.45) is 11.8 Å². The van der Waals surface area contributed by atoms with Gasteiger partial charge in [0, 0.05) is 49.1 Å². The zero-order valence-corrected chi connectivity index (χ0v) is 19.9. The Labute approximate surface area is 198 Å². The number of carbonyl (C=O) groups excluding carboxylic acids is 1. The molecule has 2 aliphatic rings. The highest BCUT2D eigenvalue weighted by atomic mass is 19.3. The van der Waals surface area contributed by atoms with E-state index in [9.17, 15) is 13.6 Å². The summed E-state index contributed by atoms with van der Waals surface area (Å²) in [6.07, 6.45) is 8.19. The molecule has 7 nitrogen and oxygen atoms in total. The smallest absolute Gasteiger partial charge is 0.270 e. The lowest BCUT2D eigenvalue weighted by Gasteiger charge is -2.33. The Bertz CT molecular complexity index is 1170. The van der Waals surface area contributed by atoms with Gasteiger partial charge in [0.05, 0.1) is 11.7 Å². The Balaban J connectivity index is 1.45. The molecule has 0 spiro atoms. The van der Waals surface area contributed by atoms with Crippen LogP contribution in [0.4, 0.5) is 8.78 Å². The second-order valence-electron chi connectivity index (χ2n) is 10.3. The van der Waals surface area contributed by atoms with E-state index in [0.717, 1.165) is 5.69 Å². The van der Waals surface area contributed by atoms with Crippen LogP contribution in [0.5, 0.6) is 0 Å². The van der Waals surface area contributed by atoms with Crippen molar-refractivity contribution in [1.82, 2.24) is 29.5 Å². The maximum Gasteiger partial charge on any atom is 0.270 e. The molecule has 2 atom stereocenters. The number of alkyl halides is 2. The Morgan fingerprint density at radius 3 is 2.44 bits per heavy atom. The molecule has 9 heteroatoms. The number of carbonyl (C=O) groups is 1. The first-order chi connectivity index (χ1) is 16.2. The van der Waals surface area contributed by atoms with Crippen LogP contribution in [0.1, 0.15) is 99.2 Å². The van der Waals surface area contributed by atoms with E-state index in [-0.39, 0.29) is 30.7 Å². The van der Waals surface area contributed by atoms with Gasteiger partial charge >= 0.3 is 0 Å².